The number of carboxylic acid groups (broad SMARTS) is 1. The van der Waals surface area contributed by atoms with Crippen LogP contribution in [0.3, 0.4) is 0 Å². The minimum absolute atomic E-state index is 0.00912. The molecule has 2 N–H and O–H groups in total. The van der Waals surface area contributed by atoms with Gasteiger partial charge < -0.3 is 10.2 Å². The van der Waals surface area contributed by atoms with Crippen LogP contribution in [0.5, 0.6) is 0 Å². The molecule has 1 unspecified atom stereocenters. The summed E-state index contributed by atoms with van der Waals surface area (Å²) in [5.41, 5.74) is -0.867. The summed E-state index contributed by atoms with van der Waals surface area (Å²) in [6, 6.07) is 0.00912. The molecule has 1 heterocycles. The number of carboxylic acids is 1. The smallest absolute Gasteiger partial charge is 0.323 e. The van der Waals surface area contributed by atoms with Crippen LogP contribution in [0.25, 0.3) is 0 Å². The summed E-state index contributed by atoms with van der Waals surface area (Å²) >= 11 is 0. The molecule has 0 aliphatic carbocycles. The number of aliphatic carboxylic acids is 1. The summed E-state index contributed by atoms with van der Waals surface area (Å²) in [6.45, 7) is 4.22. The van der Waals surface area contributed by atoms with Gasteiger partial charge in [0.2, 0.25) is 0 Å². The highest BCUT2D eigenvalue weighted by Gasteiger charge is 2.39. The lowest BCUT2D eigenvalue weighted by atomic mass is 9.94. The Morgan fingerprint density at radius 3 is 2.64 bits per heavy atom. The Bertz CT molecular complexity index is 215. The number of piperidine rings is 1. The molecule has 0 aromatic rings. The Balaban J connectivity index is 2.77. The molecule has 82 valence electrons. The van der Waals surface area contributed by atoms with E-state index in [1.54, 1.807) is 13.8 Å². The van der Waals surface area contributed by atoms with Gasteiger partial charge in [0.15, 0.2) is 0 Å². The van der Waals surface area contributed by atoms with Crippen molar-refractivity contribution in [2.24, 2.45) is 0 Å². The molecule has 0 amide bonds. The van der Waals surface area contributed by atoms with E-state index in [4.69, 9.17) is 5.11 Å². The zero-order valence-corrected chi connectivity index (χ0v) is 8.86. The molecule has 14 heavy (non-hydrogen) atoms. The Hall–Kier alpha value is -0.610. The fraction of sp³-hybridized carbons (Fsp3) is 0.900. The van der Waals surface area contributed by atoms with Crippen LogP contribution in [-0.4, -0.2) is 45.8 Å². The maximum Gasteiger partial charge on any atom is 0.323 e. The van der Waals surface area contributed by atoms with Gasteiger partial charge in [0.05, 0.1) is 6.61 Å². The first-order valence-electron chi connectivity index (χ1n) is 5.11. The first-order chi connectivity index (χ1) is 6.50. The monoisotopic (exact) mass is 201 g/mol. The van der Waals surface area contributed by atoms with Crippen molar-refractivity contribution in [1.29, 1.82) is 0 Å². The molecule has 0 saturated carbocycles. The van der Waals surface area contributed by atoms with Crippen LogP contribution in [0.2, 0.25) is 0 Å². The van der Waals surface area contributed by atoms with Gasteiger partial charge in [0.1, 0.15) is 5.54 Å². The number of rotatable bonds is 3. The van der Waals surface area contributed by atoms with E-state index in [0.717, 1.165) is 25.8 Å². The van der Waals surface area contributed by atoms with Gasteiger partial charge in [-0.15, -0.1) is 0 Å². The topological polar surface area (TPSA) is 60.8 Å². The third-order valence-electron chi connectivity index (χ3n) is 3.08. The summed E-state index contributed by atoms with van der Waals surface area (Å²) in [5.74, 6) is -0.821. The summed E-state index contributed by atoms with van der Waals surface area (Å²) in [5, 5.41) is 18.3. The average molecular weight is 201 g/mol. The van der Waals surface area contributed by atoms with Crippen molar-refractivity contribution in [2.45, 2.75) is 44.7 Å². The summed E-state index contributed by atoms with van der Waals surface area (Å²) < 4.78 is 0. The van der Waals surface area contributed by atoms with Gasteiger partial charge >= 0.3 is 5.97 Å². The molecule has 1 saturated heterocycles. The van der Waals surface area contributed by atoms with E-state index >= 15 is 0 Å². The van der Waals surface area contributed by atoms with Crippen molar-refractivity contribution in [3.8, 4) is 0 Å². The third-order valence-corrected chi connectivity index (χ3v) is 3.08. The second-order valence-electron chi connectivity index (χ2n) is 4.39. The lowest BCUT2D eigenvalue weighted by Gasteiger charge is -2.43. The van der Waals surface area contributed by atoms with E-state index in [0.29, 0.717) is 0 Å². The zero-order valence-electron chi connectivity index (χ0n) is 8.86. The summed E-state index contributed by atoms with van der Waals surface area (Å²) in [4.78, 5) is 13.0. The highest BCUT2D eigenvalue weighted by atomic mass is 16.4. The predicted molar refractivity (Wildman–Crippen MR) is 53.1 cm³/mol. The Kier molecular flexibility index (Phi) is 3.50. The second-order valence-corrected chi connectivity index (χ2v) is 4.39. The molecule has 0 spiro atoms. The van der Waals surface area contributed by atoms with E-state index in [-0.39, 0.29) is 12.6 Å². The van der Waals surface area contributed by atoms with Crippen molar-refractivity contribution in [3.63, 3.8) is 0 Å². The number of aliphatic hydroxyl groups excluding tert-OH is 1. The Labute approximate surface area is 84.5 Å². The minimum atomic E-state index is -0.867. The lowest BCUT2D eigenvalue weighted by molar-refractivity contribution is -0.152. The largest absolute Gasteiger partial charge is 0.480 e. The highest BCUT2D eigenvalue weighted by Crippen LogP contribution is 2.25. The van der Waals surface area contributed by atoms with Gasteiger partial charge in [-0.1, -0.05) is 6.42 Å². The molecule has 0 bridgehead atoms. The van der Waals surface area contributed by atoms with E-state index in [9.17, 15) is 9.90 Å². The van der Waals surface area contributed by atoms with E-state index < -0.39 is 11.5 Å². The molecule has 1 aliphatic heterocycles. The SMILES string of the molecule is CC(C)(C(=O)O)N1CCCCC1CO. The molecular formula is C10H19NO3. The fourth-order valence-electron chi connectivity index (χ4n) is 2.05. The number of carbonyl (C=O) groups is 1. The molecule has 1 aliphatic rings. The number of aliphatic hydroxyl groups is 1. The molecule has 0 aromatic carbocycles. The standard InChI is InChI=1S/C10H19NO3/c1-10(2,9(13)14)11-6-4-3-5-8(11)7-12/h8,12H,3-7H2,1-2H3,(H,13,14). The molecule has 1 fully saturated rings. The van der Waals surface area contributed by atoms with Gasteiger partial charge in [0.25, 0.3) is 0 Å². The molecule has 0 aromatic heterocycles. The van der Waals surface area contributed by atoms with Crippen LogP contribution in [0.1, 0.15) is 33.1 Å². The molecule has 4 heteroatoms. The predicted octanol–water partition coefficient (Wildman–Crippen LogP) is 0.696. The third kappa shape index (κ3) is 2.07. The Morgan fingerprint density at radius 1 is 1.50 bits per heavy atom. The van der Waals surface area contributed by atoms with Crippen LogP contribution in [0.15, 0.2) is 0 Å². The first kappa shape index (κ1) is 11.5. The maximum absolute atomic E-state index is 11.1. The van der Waals surface area contributed by atoms with Gasteiger partial charge in [-0.3, -0.25) is 9.69 Å². The van der Waals surface area contributed by atoms with E-state index in [1.807, 2.05) is 4.90 Å². The Morgan fingerprint density at radius 2 is 2.14 bits per heavy atom. The lowest BCUT2D eigenvalue weighted by Crippen LogP contribution is -2.57. The van der Waals surface area contributed by atoms with Crippen LogP contribution >= 0.6 is 0 Å². The quantitative estimate of drug-likeness (QED) is 0.705. The van der Waals surface area contributed by atoms with Crippen LogP contribution in [-0.2, 0) is 4.79 Å². The molecule has 1 rings (SSSR count). The molecular weight excluding hydrogens is 182 g/mol. The van der Waals surface area contributed by atoms with Crippen molar-refractivity contribution >= 4 is 5.97 Å². The minimum Gasteiger partial charge on any atom is -0.480 e. The van der Waals surface area contributed by atoms with Crippen molar-refractivity contribution in [1.82, 2.24) is 4.90 Å². The number of hydrogen-bond donors (Lipinski definition) is 2. The van der Waals surface area contributed by atoms with Gasteiger partial charge in [-0.05, 0) is 33.2 Å². The van der Waals surface area contributed by atoms with E-state index in [2.05, 4.69) is 0 Å². The maximum atomic E-state index is 11.1. The van der Waals surface area contributed by atoms with Crippen molar-refractivity contribution < 1.29 is 15.0 Å². The molecule has 0 radical (unpaired) electrons. The van der Waals surface area contributed by atoms with Crippen molar-refractivity contribution in [3.05, 3.63) is 0 Å². The van der Waals surface area contributed by atoms with Crippen molar-refractivity contribution in [2.75, 3.05) is 13.2 Å². The molecule has 1 atom stereocenters. The summed E-state index contributed by atoms with van der Waals surface area (Å²) in [7, 11) is 0. The zero-order chi connectivity index (χ0) is 10.8. The van der Waals surface area contributed by atoms with Gasteiger partial charge in [-0.2, -0.15) is 0 Å². The van der Waals surface area contributed by atoms with Gasteiger partial charge in [-0.25, -0.2) is 0 Å². The highest BCUT2D eigenvalue weighted by molar-refractivity contribution is 5.77. The first-order valence-corrected chi connectivity index (χ1v) is 5.11. The number of likely N-dealkylation sites (tertiary alicyclic amines) is 1. The summed E-state index contributed by atoms with van der Waals surface area (Å²) in [6.07, 6.45) is 3.00. The molecule has 4 nitrogen and oxygen atoms in total. The number of nitrogens with zero attached hydrogens (tertiary/aromatic N) is 1. The van der Waals surface area contributed by atoms with E-state index in [1.165, 1.54) is 0 Å². The average Bonchev–Trinajstić information content (AvgIpc) is 2.17. The second kappa shape index (κ2) is 4.28. The van der Waals surface area contributed by atoms with Crippen LogP contribution in [0, 0.1) is 0 Å². The van der Waals surface area contributed by atoms with Crippen LogP contribution < -0.4 is 0 Å². The fourth-order valence-corrected chi connectivity index (χ4v) is 2.05. The number of hydrogen-bond acceptors (Lipinski definition) is 3. The van der Waals surface area contributed by atoms with Gasteiger partial charge in [0, 0.05) is 6.04 Å². The van der Waals surface area contributed by atoms with Crippen LogP contribution in [0.4, 0.5) is 0 Å². The normalized spacial score (nSPS) is 24.9.